The third kappa shape index (κ3) is 4.15. The molecule has 1 aliphatic carbocycles. The van der Waals surface area contributed by atoms with E-state index in [1.807, 2.05) is 24.3 Å². The molecule has 2 aliphatic rings. The first kappa shape index (κ1) is 21.8. The van der Waals surface area contributed by atoms with E-state index in [9.17, 15) is 4.79 Å². The summed E-state index contributed by atoms with van der Waals surface area (Å²) in [7, 11) is 0. The molecule has 1 N–H and O–H groups in total. The zero-order valence-electron chi connectivity index (χ0n) is 17.3. The molecule has 1 saturated heterocycles. The predicted molar refractivity (Wildman–Crippen MR) is 127 cm³/mol. The monoisotopic (exact) mass is 489 g/mol. The Morgan fingerprint density at radius 3 is 2.69 bits per heavy atom. The van der Waals surface area contributed by atoms with E-state index in [1.54, 1.807) is 16.8 Å². The van der Waals surface area contributed by atoms with Gasteiger partial charge >= 0.3 is 0 Å². The fraction of sp³-hybridized carbons (Fsp3) is 0.333. The molecule has 1 aliphatic heterocycles. The summed E-state index contributed by atoms with van der Waals surface area (Å²) < 4.78 is 7.42. The molecule has 8 heteroatoms. The maximum absolute atomic E-state index is 13.2. The van der Waals surface area contributed by atoms with Gasteiger partial charge in [-0.3, -0.25) is 4.79 Å². The molecule has 1 fully saturated rings. The number of hydrogen-bond donors (Lipinski definition) is 1. The Morgan fingerprint density at radius 2 is 1.91 bits per heavy atom. The van der Waals surface area contributed by atoms with Crippen LogP contribution in [0.15, 0.2) is 36.4 Å². The molecule has 0 bridgehead atoms. The van der Waals surface area contributed by atoms with Crippen molar-refractivity contribution in [3.63, 3.8) is 0 Å². The van der Waals surface area contributed by atoms with Gasteiger partial charge in [0.05, 0.1) is 22.5 Å². The number of hydrogen-bond acceptors (Lipinski definition) is 3. The van der Waals surface area contributed by atoms with Gasteiger partial charge in [-0.25, -0.2) is 4.68 Å². The largest absolute Gasteiger partial charge is 0.376 e. The standard InChI is InChI=1S/C24H22Cl3N3O2/c25-15-6-8-18-14(11-15)3-1-5-19-22(24(31)28-13-17-4-2-10-32-17)29-30(23(18)19)21-9-7-16(26)12-20(21)27/h6-9,11-12,17H,1-5,10,13H2,(H,28,31)/t17-/m1/s1. The predicted octanol–water partition coefficient (Wildman–Crippen LogP) is 5.90. The minimum Gasteiger partial charge on any atom is -0.376 e. The van der Waals surface area contributed by atoms with Crippen LogP contribution in [0.5, 0.6) is 0 Å². The topological polar surface area (TPSA) is 56.1 Å². The van der Waals surface area contributed by atoms with Gasteiger partial charge in [0.1, 0.15) is 0 Å². The van der Waals surface area contributed by atoms with E-state index < -0.39 is 0 Å². The average molecular weight is 491 g/mol. The van der Waals surface area contributed by atoms with Crippen LogP contribution >= 0.6 is 34.8 Å². The van der Waals surface area contributed by atoms with Crippen molar-refractivity contribution in [3.8, 4) is 16.9 Å². The van der Waals surface area contributed by atoms with Gasteiger partial charge in [0.25, 0.3) is 5.91 Å². The molecule has 3 aromatic rings. The fourth-order valence-electron chi connectivity index (χ4n) is 4.52. The first-order valence-corrected chi connectivity index (χ1v) is 11.9. The highest BCUT2D eigenvalue weighted by molar-refractivity contribution is 6.35. The Hall–Kier alpha value is -2.05. The normalized spacial score (nSPS) is 17.5. The number of rotatable bonds is 4. The molecular formula is C24H22Cl3N3O2. The van der Waals surface area contributed by atoms with E-state index in [0.717, 1.165) is 61.1 Å². The van der Waals surface area contributed by atoms with E-state index in [4.69, 9.17) is 44.6 Å². The summed E-state index contributed by atoms with van der Waals surface area (Å²) in [5.74, 6) is -0.196. The third-order valence-corrected chi connectivity index (χ3v) is 6.82. The van der Waals surface area contributed by atoms with Crippen LogP contribution in [0.25, 0.3) is 16.9 Å². The van der Waals surface area contributed by atoms with Crippen molar-refractivity contribution in [2.45, 2.75) is 38.2 Å². The van der Waals surface area contributed by atoms with Crippen molar-refractivity contribution in [1.82, 2.24) is 15.1 Å². The number of amides is 1. The number of carbonyl (C=O) groups excluding carboxylic acids is 1. The molecule has 2 aromatic carbocycles. The van der Waals surface area contributed by atoms with E-state index in [0.29, 0.717) is 33.0 Å². The Morgan fingerprint density at radius 1 is 1.09 bits per heavy atom. The van der Waals surface area contributed by atoms with Crippen molar-refractivity contribution in [3.05, 3.63) is 68.3 Å². The van der Waals surface area contributed by atoms with Crippen LogP contribution in [0, 0.1) is 0 Å². The van der Waals surface area contributed by atoms with E-state index in [-0.39, 0.29) is 12.0 Å². The summed E-state index contributed by atoms with van der Waals surface area (Å²) in [6.07, 6.45) is 4.55. The van der Waals surface area contributed by atoms with Crippen LogP contribution in [-0.4, -0.2) is 34.9 Å². The summed E-state index contributed by atoms with van der Waals surface area (Å²) in [5.41, 5.74) is 5.04. The first-order chi connectivity index (χ1) is 15.5. The van der Waals surface area contributed by atoms with Crippen LogP contribution in [0.1, 0.15) is 40.9 Å². The zero-order valence-corrected chi connectivity index (χ0v) is 19.6. The van der Waals surface area contributed by atoms with Gasteiger partial charge in [-0.05, 0) is 68.0 Å². The van der Waals surface area contributed by atoms with Gasteiger partial charge in [-0.15, -0.1) is 0 Å². The number of ether oxygens (including phenoxy) is 1. The Bertz CT molecular complexity index is 1190. The molecule has 1 aromatic heterocycles. The van der Waals surface area contributed by atoms with Gasteiger partial charge in [0.15, 0.2) is 5.69 Å². The molecule has 0 saturated carbocycles. The van der Waals surface area contributed by atoms with Crippen LogP contribution in [0.2, 0.25) is 15.1 Å². The second-order valence-corrected chi connectivity index (χ2v) is 9.46. The molecule has 1 atom stereocenters. The minimum atomic E-state index is -0.196. The van der Waals surface area contributed by atoms with Crippen molar-refractivity contribution in [2.24, 2.45) is 0 Å². The lowest BCUT2D eigenvalue weighted by molar-refractivity contribution is 0.0852. The molecule has 0 spiro atoms. The number of carbonyl (C=O) groups is 1. The highest BCUT2D eigenvalue weighted by Gasteiger charge is 2.29. The van der Waals surface area contributed by atoms with Crippen molar-refractivity contribution >= 4 is 40.7 Å². The van der Waals surface area contributed by atoms with E-state index in [2.05, 4.69) is 5.32 Å². The lowest BCUT2D eigenvalue weighted by Crippen LogP contribution is -2.32. The summed E-state index contributed by atoms with van der Waals surface area (Å²) in [6.45, 7) is 1.23. The summed E-state index contributed by atoms with van der Waals surface area (Å²) in [6, 6.07) is 11.1. The highest BCUT2D eigenvalue weighted by Crippen LogP contribution is 2.38. The number of aryl methyl sites for hydroxylation is 1. The Kier molecular flexibility index (Phi) is 6.17. The van der Waals surface area contributed by atoms with Gasteiger partial charge < -0.3 is 10.1 Å². The van der Waals surface area contributed by atoms with Crippen LogP contribution in [0.4, 0.5) is 0 Å². The van der Waals surface area contributed by atoms with Crippen molar-refractivity contribution in [1.29, 1.82) is 0 Å². The maximum atomic E-state index is 13.2. The average Bonchev–Trinajstić information content (AvgIpc) is 3.37. The van der Waals surface area contributed by atoms with E-state index in [1.165, 1.54) is 0 Å². The Balaban J connectivity index is 1.63. The number of halogens is 3. The molecule has 0 unspecified atom stereocenters. The zero-order chi connectivity index (χ0) is 22.2. The molecule has 5 rings (SSSR count). The fourth-order valence-corrected chi connectivity index (χ4v) is 5.21. The number of benzene rings is 2. The number of nitrogens with zero attached hydrogens (tertiary/aromatic N) is 2. The molecular weight excluding hydrogens is 469 g/mol. The SMILES string of the molecule is O=C(NC[C@H]1CCCO1)c1nn(-c2ccc(Cl)cc2Cl)c2c1CCCc1cc(Cl)ccc1-2. The number of aromatic nitrogens is 2. The van der Waals surface area contributed by atoms with Gasteiger partial charge in [-0.1, -0.05) is 40.9 Å². The quantitative estimate of drug-likeness (QED) is 0.495. The van der Waals surface area contributed by atoms with Gasteiger partial charge in [0.2, 0.25) is 0 Å². The van der Waals surface area contributed by atoms with Crippen molar-refractivity contribution in [2.75, 3.05) is 13.2 Å². The third-order valence-electron chi connectivity index (χ3n) is 6.05. The maximum Gasteiger partial charge on any atom is 0.272 e. The summed E-state index contributed by atoms with van der Waals surface area (Å²) >= 11 is 19.0. The molecule has 166 valence electrons. The van der Waals surface area contributed by atoms with Gasteiger partial charge in [-0.2, -0.15) is 5.10 Å². The number of nitrogens with one attached hydrogen (secondary N) is 1. The molecule has 2 heterocycles. The second kappa shape index (κ2) is 9.06. The Labute approximate surface area is 201 Å². The first-order valence-electron chi connectivity index (χ1n) is 10.8. The van der Waals surface area contributed by atoms with Crippen molar-refractivity contribution < 1.29 is 9.53 Å². The smallest absolute Gasteiger partial charge is 0.272 e. The van der Waals surface area contributed by atoms with Crippen LogP contribution in [-0.2, 0) is 17.6 Å². The molecule has 5 nitrogen and oxygen atoms in total. The minimum absolute atomic E-state index is 0.0632. The second-order valence-electron chi connectivity index (χ2n) is 8.18. The van der Waals surface area contributed by atoms with Gasteiger partial charge in [0, 0.05) is 34.3 Å². The van der Waals surface area contributed by atoms with Crippen LogP contribution in [0.3, 0.4) is 0 Å². The molecule has 0 radical (unpaired) electrons. The molecule has 32 heavy (non-hydrogen) atoms. The lowest BCUT2D eigenvalue weighted by Gasteiger charge is -2.13. The van der Waals surface area contributed by atoms with Crippen LogP contribution < -0.4 is 5.32 Å². The highest BCUT2D eigenvalue weighted by atomic mass is 35.5. The lowest BCUT2D eigenvalue weighted by atomic mass is 10.0. The number of fused-ring (bicyclic) bond motifs is 3. The van der Waals surface area contributed by atoms with E-state index >= 15 is 0 Å². The summed E-state index contributed by atoms with van der Waals surface area (Å²) in [5, 5.41) is 9.48. The molecule has 1 amide bonds. The summed E-state index contributed by atoms with van der Waals surface area (Å²) in [4.78, 5) is 13.2.